The zero-order valence-electron chi connectivity index (χ0n) is 57.5. The molecule has 108 heavy (non-hydrogen) atoms. The Hall–Kier alpha value is -15.2. The van der Waals surface area contributed by atoms with Crippen molar-refractivity contribution >= 4 is 87.2 Å². The molecule has 0 aliphatic carbocycles. The zero-order chi connectivity index (χ0) is 72.9. The number of fused-ring (bicyclic) bond motifs is 8. The summed E-state index contributed by atoms with van der Waals surface area (Å²) in [5.74, 6) is 0. The van der Waals surface area contributed by atoms with Crippen LogP contribution in [0, 0.1) is 0 Å². The minimum atomic E-state index is -0.0799. The third-order valence-corrected chi connectivity index (χ3v) is 18.4. The van der Waals surface area contributed by atoms with E-state index in [-0.39, 0.29) is 21.7 Å². The van der Waals surface area contributed by atoms with Crippen molar-refractivity contribution in [3.05, 3.63) is 381 Å². The number of aromatic nitrogens is 12. The lowest BCUT2D eigenvalue weighted by molar-refractivity contribution is 1.24. The second kappa shape index (κ2) is 29.3. The molecular formula is C92H60N12O4. The maximum atomic E-state index is 12.3. The highest BCUT2D eigenvalue weighted by molar-refractivity contribution is 5.88. The number of hydrogen-bond acceptors (Lipinski definition) is 12. The third-order valence-electron chi connectivity index (χ3n) is 18.4. The first-order chi connectivity index (χ1) is 53.0. The molecule has 20 rings (SSSR count). The molecule has 16 heteroatoms. The molecule has 12 heterocycles. The van der Waals surface area contributed by atoms with Crippen LogP contribution >= 0.6 is 0 Å². The number of benzene rings is 8. The van der Waals surface area contributed by atoms with Crippen LogP contribution < -0.4 is 21.7 Å². The van der Waals surface area contributed by atoms with Crippen LogP contribution in [0.2, 0.25) is 0 Å². The van der Waals surface area contributed by atoms with Crippen LogP contribution in [0.25, 0.3) is 178 Å². The highest BCUT2D eigenvalue weighted by atomic mass is 16.1. The van der Waals surface area contributed by atoms with Gasteiger partial charge in [-0.3, -0.25) is 19.2 Å². The molecule has 512 valence electrons. The van der Waals surface area contributed by atoms with Crippen molar-refractivity contribution in [2.24, 2.45) is 0 Å². The van der Waals surface area contributed by atoms with Crippen molar-refractivity contribution in [3.8, 4) is 91.1 Å². The first-order valence-electron chi connectivity index (χ1n) is 34.9. The van der Waals surface area contributed by atoms with E-state index in [1.807, 2.05) is 291 Å². The van der Waals surface area contributed by atoms with E-state index in [9.17, 15) is 19.2 Å². The summed E-state index contributed by atoms with van der Waals surface area (Å²) in [6.45, 7) is 0. The van der Waals surface area contributed by atoms with Crippen molar-refractivity contribution in [3.63, 3.8) is 0 Å². The van der Waals surface area contributed by atoms with Crippen LogP contribution in [-0.2, 0) is 0 Å². The second-order valence-electron chi connectivity index (χ2n) is 25.7. The van der Waals surface area contributed by atoms with Crippen molar-refractivity contribution in [1.82, 2.24) is 59.8 Å². The Morgan fingerprint density at radius 2 is 0.269 bits per heavy atom. The van der Waals surface area contributed by atoms with Crippen LogP contribution in [0.1, 0.15) is 0 Å². The molecule has 0 aliphatic heterocycles. The van der Waals surface area contributed by atoms with Crippen molar-refractivity contribution in [1.29, 1.82) is 0 Å². The molecular weight excluding hydrogens is 1340 g/mol. The summed E-state index contributed by atoms with van der Waals surface area (Å²) in [6, 6.07) is 107. The van der Waals surface area contributed by atoms with E-state index in [1.165, 1.54) is 0 Å². The Kier molecular flexibility index (Phi) is 17.9. The molecule has 0 bridgehead atoms. The molecule has 0 aliphatic rings. The number of nitrogens with zero attached hydrogens (tertiary/aromatic N) is 8. The van der Waals surface area contributed by atoms with Crippen LogP contribution in [0.3, 0.4) is 0 Å². The van der Waals surface area contributed by atoms with Gasteiger partial charge >= 0.3 is 0 Å². The molecule has 0 saturated heterocycles. The van der Waals surface area contributed by atoms with Gasteiger partial charge in [-0.15, -0.1) is 0 Å². The van der Waals surface area contributed by atoms with Gasteiger partial charge in [0.15, 0.2) is 21.7 Å². The minimum Gasteiger partial charge on any atom is -0.352 e. The van der Waals surface area contributed by atoms with E-state index in [2.05, 4.69) is 59.8 Å². The van der Waals surface area contributed by atoms with Gasteiger partial charge in [0.2, 0.25) is 0 Å². The van der Waals surface area contributed by atoms with Gasteiger partial charge in [0, 0.05) is 91.6 Å². The number of nitrogens with one attached hydrogen (secondary N) is 4. The van der Waals surface area contributed by atoms with Gasteiger partial charge in [-0.25, -0.2) is 39.9 Å². The summed E-state index contributed by atoms with van der Waals surface area (Å²) in [5.41, 5.74) is 18.1. The molecule has 0 unspecified atom stereocenters. The van der Waals surface area contributed by atoms with Crippen molar-refractivity contribution in [2.75, 3.05) is 0 Å². The van der Waals surface area contributed by atoms with Gasteiger partial charge in [0.05, 0.1) is 135 Å². The predicted molar refractivity (Wildman–Crippen MR) is 434 cm³/mol. The highest BCUT2D eigenvalue weighted by Crippen LogP contribution is 2.29. The van der Waals surface area contributed by atoms with Crippen LogP contribution in [-0.4, -0.2) is 59.8 Å². The fourth-order valence-corrected chi connectivity index (χ4v) is 13.0. The standard InChI is InChI=1S/4C23H15N3O/c4*27-17-13-22(20-11-9-15-5-1-3-7-18(15)24-20)26-23(14-17)21-12-10-16-6-2-4-8-19(16)25-21/h4*1-14H,(H,26,27). The van der Waals surface area contributed by atoms with Gasteiger partial charge in [-0.05, 0) is 97.1 Å². The minimum absolute atomic E-state index is 0.0799. The Bertz CT molecular complexity index is 5860. The molecule has 8 aromatic carbocycles. The normalized spacial score (nSPS) is 11.1. The Morgan fingerprint density at radius 1 is 0.148 bits per heavy atom. The largest absolute Gasteiger partial charge is 0.352 e. The lowest BCUT2D eigenvalue weighted by Crippen LogP contribution is -2.03. The first kappa shape index (κ1) is 66.1. The van der Waals surface area contributed by atoms with Crippen LogP contribution in [0.15, 0.2) is 359 Å². The predicted octanol–water partition coefficient (Wildman–Crippen LogP) is 19.2. The average Bonchev–Trinajstić information content (AvgIpc) is 0.805. The summed E-state index contributed by atoms with van der Waals surface area (Å²) < 4.78 is 0. The number of pyridine rings is 12. The van der Waals surface area contributed by atoms with E-state index in [0.29, 0.717) is 45.6 Å². The summed E-state index contributed by atoms with van der Waals surface area (Å²) in [4.78, 5) is 100.0. The van der Waals surface area contributed by atoms with Crippen LogP contribution in [0.5, 0.6) is 0 Å². The molecule has 0 radical (unpaired) electrons. The van der Waals surface area contributed by atoms with Gasteiger partial charge < -0.3 is 19.9 Å². The molecule has 12 aromatic heterocycles. The summed E-state index contributed by atoms with van der Waals surface area (Å²) in [6.07, 6.45) is 0. The van der Waals surface area contributed by atoms with Crippen LogP contribution in [0.4, 0.5) is 0 Å². The molecule has 0 saturated carbocycles. The van der Waals surface area contributed by atoms with Gasteiger partial charge in [-0.1, -0.05) is 194 Å². The number of aromatic amines is 4. The van der Waals surface area contributed by atoms with E-state index in [0.717, 1.165) is 133 Å². The fourth-order valence-electron chi connectivity index (χ4n) is 13.0. The number of rotatable bonds is 8. The molecule has 0 atom stereocenters. The smallest absolute Gasteiger partial charge is 0.182 e. The molecule has 0 amide bonds. The maximum absolute atomic E-state index is 12.3. The Balaban J connectivity index is 0.000000105. The number of H-pyrrole nitrogens is 4. The SMILES string of the molecule is O=c1cc(-c2ccc3ccccc3n2)[nH]c(-c2ccc3ccccc3n2)c1.O=c1cc(-c2ccc3ccccc3n2)[nH]c(-c2ccc3ccccc3n2)c1.O=c1cc(-c2ccc3ccccc3n2)[nH]c(-c2ccc3ccccc3n2)c1.O=c1cc(-c2ccc3ccccc3n2)[nH]c(-c2ccc3ccccc3n2)c1. The lowest BCUT2D eigenvalue weighted by atomic mass is 10.1. The van der Waals surface area contributed by atoms with E-state index in [1.54, 1.807) is 48.5 Å². The first-order valence-corrected chi connectivity index (χ1v) is 34.9. The second-order valence-corrected chi connectivity index (χ2v) is 25.7. The van der Waals surface area contributed by atoms with E-state index < -0.39 is 0 Å². The molecule has 0 fully saturated rings. The van der Waals surface area contributed by atoms with Gasteiger partial charge in [-0.2, -0.15) is 0 Å². The monoisotopic (exact) mass is 1400 g/mol. The number of hydrogen-bond donors (Lipinski definition) is 4. The zero-order valence-corrected chi connectivity index (χ0v) is 57.5. The van der Waals surface area contributed by atoms with E-state index in [4.69, 9.17) is 0 Å². The average molecular weight is 1400 g/mol. The van der Waals surface area contributed by atoms with E-state index >= 15 is 0 Å². The Labute approximate surface area is 615 Å². The quantitative estimate of drug-likeness (QED) is 0.111. The molecule has 20 aromatic rings. The highest BCUT2D eigenvalue weighted by Gasteiger charge is 2.14. The fraction of sp³-hybridized carbons (Fsp3) is 0. The summed E-state index contributed by atoms with van der Waals surface area (Å²) >= 11 is 0. The lowest BCUT2D eigenvalue weighted by Gasteiger charge is -2.07. The summed E-state index contributed by atoms with van der Waals surface area (Å²) in [7, 11) is 0. The maximum Gasteiger partial charge on any atom is 0.182 e. The molecule has 4 N–H and O–H groups in total. The number of para-hydroxylation sites is 8. The topological polar surface area (TPSA) is 235 Å². The summed E-state index contributed by atoms with van der Waals surface area (Å²) in [5, 5.41) is 8.53. The Morgan fingerprint density at radius 3 is 0.398 bits per heavy atom. The van der Waals surface area contributed by atoms with Crippen molar-refractivity contribution in [2.45, 2.75) is 0 Å². The van der Waals surface area contributed by atoms with Gasteiger partial charge in [0.1, 0.15) is 0 Å². The molecule has 16 nitrogen and oxygen atoms in total. The van der Waals surface area contributed by atoms with Crippen molar-refractivity contribution < 1.29 is 0 Å². The van der Waals surface area contributed by atoms with Gasteiger partial charge in [0.25, 0.3) is 0 Å². The molecule has 0 spiro atoms. The third kappa shape index (κ3) is 14.5.